The maximum Gasteiger partial charge on any atom is 0.247 e. The van der Waals surface area contributed by atoms with Crippen LogP contribution in [-0.4, -0.2) is 7.98 Å². The molecule has 0 aromatic heterocycles. The molecular formula is C4H2F2IN. The van der Waals surface area contributed by atoms with Gasteiger partial charge in [0.25, 0.3) is 0 Å². The monoisotopic (exact) mass is 229 g/mol. The van der Waals surface area contributed by atoms with E-state index in [1.165, 1.54) is 10.1 Å². The molecule has 0 atom stereocenters. The fraction of sp³-hybridized carbons (Fsp3) is 0. The molecule has 1 aliphatic heterocycles. The van der Waals surface area contributed by atoms with E-state index in [0.29, 0.717) is 0 Å². The quantitative estimate of drug-likeness (QED) is 0.444. The van der Waals surface area contributed by atoms with E-state index in [1.807, 2.05) is 0 Å². The molecule has 0 N–H and O–H groups in total. The molecular weight excluding hydrogens is 227 g/mol. The van der Waals surface area contributed by atoms with Crippen LogP contribution in [0.3, 0.4) is 0 Å². The van der Waals surface area contributed by atoms with Crippen molar-refractivity contribution >= 4 is 28.7 Å². The Morgan fingerprint density at radius 2 is 2.25 bits per heavy atom. The van der Waals surface area contributed by atoms with Crippen LogP contribution in [0.1, 0.15) is 0 Å². The average Bonchev–Trinajstić information content (AvgIpc) is 1.64. The lowest BCUT2D eigenvalue weighted by Gasteiger charge is -1.88. The van der Waals surface area contributed by atoms with Crippen molar-refractivity contribution in [2.45, 2.75) is 0 Å². The lowest BCUT2D eigenvalue weighted by Crippen LogP contribution is -1.80. The van der Waals surface area contributed by atoms with Gasteiger partial charge in [-0.1, -0.05) is 0 Å². The first-order valence-electron chi connectivity index (χ1n) is 1.85. The molecule has 4 heteroatoms. The summed E-state index contributed by atoms with van der Waals surface area (Å²) in [6.07, 6.45) is 1.19. The van der Waals surface area contributed by atoms with Gasteiger partial charge in [0.15, 0.2) is 0 Å². The molecule has 0 radical (unpaired) electrons. The molecule has 1 heterocycles. The van der Waals surface area contributed by atoms with Gasteiger partial charge in [-0.3, -0.25) is 0 Å². The van der Waals surface area contributed by atoms with Crippen molar-refractivity contribution in [3.8, 4) is 0 Å². The minimum atomic E-state index is -0.733. The maximum atomic E-state index is 11.9. The van der Waals surface area contributed by atoms with Gasteiger partial charge in [0.1, 0.15) is 0 Å². The van der Waals surface area contributed by atoms with Crippen LogP contribution < -0.4 is 0 Å². The molecule has 1 aliphatic rings. The third kappa shape index (κ3) is 1.43. The van der Waals surface area contributed by atoms with E-state index in [0.717, 1.165) is 0 Å². The summed E-state index contributed by atoms with van der Waals surface area (Å²) in [6.45, 7) is 0. The summed E-state index contributed by atoms with van der Waals surface area (Å²) in [5.41, 5.74) is 0. The molecule has 1 nitrogen and oxygen atoms in total. The van der Waals surface area contributed by atoms with Crippen molar-refractivity contribution in [2.24, 2.45) is 4.99 Å². The van der Waals surface area contributed by atoms with E-state index in [4.69, 9.17) is 0 Å². The first kappa shape index (κ1) is 6.00. The van der Waals surface area contributed by atoms with Crippen molar-refractivity contribution in [1.29, 1.82) is 0 Å². The normalized spacial score (nSPS) is 18.8. The van der Waals surface area contributed by atoms with Crippen molar-refractivity contribution in [3.63, 3.8) is 0 Å². The molecule has 0 aromatic rings. The Bertz CT molecular complexity index is 180. The van der Waals surface area contributed by atoms with Gasteiger partial charge in [0.05, 0.1) is 0 Å². The van der Waals surface area contributed by atoms with E-state index in [9.17, 15) is 8.78 Å². The highest BCUT2D eigenvalue weighted by molar-refractivity contribution is 14.2. The summed E-state index contributed by atoms with van der Waals surface area (Å²) in [5.74, 6) is -0.728. The van der Waals surface area contributed by atoms with Gasteiger partial charge in [-0.05, 0) is 30.8 Å². The van der Waals surface area contributed by atoms with Crippen LogP contribution in [0.15, 0.2) is 17.0 Å². The van der Waals surface area contributed by atoms with E-state index >= 15 is 0 Å². The molecule has 0 saturated heterocycles. The van der Waals surface area contributed by atoms with Gasteiger partial charge in [-0.15, -0.1) is 0 Å². The number of hydrogen-bond donors (Lipinski definition) is 0. The number of rotatable bonds is 0. The zero-order valence-corrected chi connectivity index (χ0v) is 5.89. The Labute approximate surface area is 54.9 Å². The third-order valence-corrected chi connectivity index (χ3v) is 2.02. The Morgan fingerprint density at radius 3 is 2.62 bits per heavy atom. The number of allylic oxidation sites excluding steroid dienone is 1. The zero-order valence-electron chi connectivity index (χ0n) is 3.74. The fourth-order valence-corrected chi connectivity index (χ4v) is 1.42. The highest BCUT2D eigenvalue weighted by Crippen LogP contribution is 2.12. The summed E-state index contributed by atoms with van der Waals surface area (Å²) >= 11 is -0.733. The van der Waals surface area contributed by atoms with Crippen LogP contribution in [0.25, 0.3) is 0 Å². The molecule has 8 heavy (non-hydrogen) atoms. The van der Waals surface area contributed by atoms with Gasteiger partial charge in [-0.25, -0.2) is 0 Å². The molecule has 0 saturated carbocycles. The lowest BCUT2D eigenvalue weighted by molar-refractivity contribution is 0.625. The zero-order chi connectivity index (χ0) is 5.98. The van der Waals surface area contributed by atoms with Gasteiger partial charge >= 0.3 is 0 Å². The van der Waals surface area contributed by atoms with E-state index in [2.05, 4.69) is 4.99 Å². The van der Waals surface area contributed by atoms with Crippen LogP contribution in [-0.2, 0) is 0 Å². The van der Waals surface area contributed by atoms with Crippen LogP contribution in [0.4, 0.5) is 8.78 Å². The van der Waals surface area contributed by atoms with Crippen LogP contribution in [0.5, 0.6) is 0 Å². The number of aliphatic imine (C=N–C) groups is 1. The predicted octanol–water partition coefficient (Wildman–Crippen LogP) is 1.91. The second-order valence-corrected chi connectivity index (χ2v) is 3.31. The largest absolute Gasteiger partial charge is 0.247 e. The standard InChI is InChI=1S/C4H2F2IN/c5-3-1-2-7-4(6)8-3/h1-2H. The third-order valence-electron chi connectivity index (χ3n) is 0.545. The van der Waals surface area contributed by atoms with Crippen LogP contribution in [0, 0.1) is 0 Å². The van der Waals surface area contributed by atoms with Crippen LogP contribution >= 0.6 is 20.7 Å². The fourth-order valence-electron chi connectivity index (χ4n) is 0.278. The second-order valence-electron chi connectivity index (χ2n) is 1.08. The summed E-state index contributed by atoms with van der Waals surface area (Å²) < 4.78 is 24.7. The van der Waals surface area contributed by atoms with Crippen molar-refractivity contribution in [1.82, 2.24) is 0 Å². The van der Waals surface area contributed by atoms with Gasteiger partial charge in [0, 0.05) is 0 Å². The number of hydrogen-bond acceptors (Lipinski definition) is 1. The van der Waals surface area contributed by atoms with Crippen molar-refractivity contribution in [2.75, 3.05) is 0 Å². The molecule has 0 unspecified atom stereocenters. The minimum absolute atomic E-state index is 0.552. The molecule has 44 valence electrons. The second kappa shape index (κ2) is 2.43. The highest BCUT2D eigenvalue weighted by Gasteiger charge is 1.97. The molecule has 0 fully saturated rings. The number of nitrogens with zero attached hydrogens (tertiary/aromatic N) is 1. The first-order valence-corrected chi connectivity index (χ1v) is 4.18. The number of halogens is 3. The average molecular weight is 229 g/mol. The van der Waals surface area contributed by atoms with E-state index in [-0.39, 0.29) is 0 Å². The van der Waals surface area contributed by atoms with Gasteiger partial charge in [0.2, 0.25) is 9.92 Å². The topological polar surface area (TPSA) is 12.4 Å². The highest BCUT2D eigenvalue weighted by atomic mass is 127. The molecule has 0 amide bonds. The summed E-state index contributed by atoms with van der Waals surface area (Å²) in [5, 5.41) is 0. The smallest absolute Gasteiger partial charge is 0.185 e. The molecule has 0 aliphatic carbocycles. The summed E-state index contributed by atoms with van der Waals surface area (Å²) in [7, 11) is 0. The molecule has 0 bridgehead atoms. The van der Waals surface area contributed by atoms with Crippen molar-refractivity contribution < 1.29 is 8.78 Å². The molecule has 0 aromatic carbocycles. The first-order chi connectivity index (χ1) is 3.79. The lowest BCUT2D eigenvalue weighted by atomic mass is 10.7. The van der Waals surface area contributed by atoms with E-state index < -0.39 is 30.7 Å². The molecule has 0 spiro atoms. The van der Waals surface area contributed by atoms with E-state index in [1.54, 1.807) is 0 Å². The maximum absolute atomic E-state index is 11.9. The predicted molar refractivity (Wildman–Crippen MR) is 37.8 cm³/mol. The summed E-state index contributed by atoms with van der Waals surface area (Å²) in [4.78, 5) is 2.94. The van der Waals surface area contributed by atoms with Crippen molar-refractivity contribution in [3.05, 3.63) is 12.0 Å². The Morgan fingerprint density at radius 1 is 1.50 bits per heavy atom. The van der Waals surface area contributed by atoms with Gasteiger partial charge in [-0.2, -0.15) is 13.8 Å². The Hall–Kier alpha value is -0.130. The van der Waals surface area contributed by atoms with Crippen LogP contribution in [0.2, 0.25) is 0 Å². The van der Waals surface area contributed by atoms with Gasteiger partial charge < -0.3 is 0 Å². The minimum Gasteiger partial charge on any atom is -0.185 e. The SMILES string of the molecule is FC1=CC=IC(F)=N1. The summed E-state index contributed by atoms with van der Waals surface area (Å²) in [6, 6.07) is 0. The molecule has 1 rings (SSSR count). The Balaban J connectivity index is 2.89. The Kier molecular flexibility index (Phi) is 1.82.